The number of anilines is 1. The Bertz CT molecular complexity index is 1150. The van der Waals surface area contributed by atoms with Gasteiger partial charge in [0, 0.05) is 28.2 Å². The van der Waals surface area contributed by atoms with E-state index in [1.165, 1.54) is 4.90 Å². The average molecular weight is 543 g/mol. The Morgan fingerprint density at radius 2 is 1.57 bits per heavy atom. The van der Waals surface area contributed by atoms with E-state index in [1.807, 2.05) is 33.8 Å². The molecule has 10 heteroatoms. The molecule has 0 aliphatic heterocycles. The van der Waals surface area contributed by atoms with Crippen molar-refractivity contribution in [2.45, 2.75) is 59.7 Å². The highest BCUT2D eigenvalue weighted by molar-refractivity contribution is 7.92. The molecule has 0 unspecified atom stereocenters. The van der Waals surface area contributed by atoms with Crippen LogP contribution in [-0.4, -0.2) is 50.0 Å². The minimum Gasteiger partial charge on any atom is -0.352 e. The van der Waals surface area contributed by atoms with Crippen LogP contribution >= 0.6 is 23.2 Å². The zero-order valence-electron chi connectivity index (χ0n) is 20.9. The van der Waals surface area contributed by atoms with Crippen LogP contribution in [0, 0.1) is 13.8 Å². The van der Waals surface area contributed by atoms with Gasteiger partial charge in [0.25, 0.3) is 0 Å². The zero-order chi connectivity index (χ0) is 26.5. The number of amides is 2. The van der Waals surface area contributed by atoms with Crippen molar-refractivity contribution in [1.82, 2.24) is 10.2 Å². The molecular weight excluding hydrogens is 509 g/mol. The molecule has 7 nitrogen and oxygen atoms in total. The minimum absolute atomic E-state index is 0.0587. The number of rotatable bonds is 10. The van der Waals surface area contributed by atoms with Gasteiger partial charge in [0.1, 0.15) is 12.6 Å². The van der Waals surface area contributed by atoms with Crippen molar-refractivity contribution in [3.8, 4) is 0 Å². The van der Waals surface area contributed by atoms with Crippen molar-refractivity contribution in [3.05, 3.63) is 63.1 Å². The lowest BCUT2D eigenvalue weighted by Crippen LogP contribution is -2.52. The summed E-state index contributed by atoms with van der Waals surface area (Å²) in [5, 5.41) is 3.57. The van der Waals surface area contributed by atoms with E-state index in [-0.39, 0.29) is 18.5 Å². The number of nitrogens with zero attached hydrogens (tertiary/aromatic N) is 2. The Morgan fingerprint density at radius 3 is 2.06 bits per heavy atom. The molecule has 0 fully saturated rings. The van der Waals surface area contributed by atoms with Gasteiger partial charge in [-0.2, -0.15) is 0 Å². The first-order valence-electron chi connectivity index (χ1n) is 11.3. The molecule has 2 aromatic carbocycles. The highest BCUT2D eigenvalue weighted by atomic mass is 35.5. The quantitative estimate of drug-likeness (QED) is 0.471. The number of carbonyl (C=O) groups excluding carboxylic acids is 2. The zero-order valence-corrected chi connectivity index (χ0v) is 23.3. The predicted molar refractivity (Wildman–Crippen MR) is 142 cm³/mol. The van der Waals surface area contributed by atoms with Crippen molar-refractivity contribution in [3.63, 3.8) is 0 Å². The standard InChI is InChI=1S/C25H33Cl2N3O4S/c1-7-18(4)28-25(32)19(5)29(14-21-22(26)9-8-10-23(21)27)24(31)15-30(35(6,33)34)20-12-16(2)11-17(3)13-20/h8-13,18-19H,7,14-15H2,1-6H3,(H,28,32)/t18-,19+/m0/s1. The largest absolute Gasteiger partial charge is 0.352 e. The predicted octanol–water partition coefficient (Wildman–Crippen LogP) is 4.71. The van der Waals surface area contributed by atoms with E-state index in [4.69, 9.17) is 23.2 Å². The van der Waals surface area contributed by atoms with E-state index < -0.39 is 28.5 Å². The lowest BCUT2D eigenvalue weighted by Gasteiger charge is -2.32. The Labute approximate surface area is 218 Å². The van der Waals surface area contributed by atoms with Gasteiger partial charge in [-0.1, -0.05) is 42.3 Å². The Kier molecular flexibility index (Phi) is 10.0. The number of sulfonamides is 1. The molecule has 1 N–H and O–H groups in total. The average Bonchev–Trinajstić information content (AvgIpc) is 2.75. The molecule has 35 heavy (non-hydrogen) atoms. The molecule has 2 rings (SSSR count). The van der Waals surface area contributed by atoms with E-state index in [0.717, 1.165) is 28.1 Å². The summed E-state index contributed by atoms with van der Waals surface area (Å²) < 4.78 is 26.5. The lowest BCUT2D eigenvalue weighted by atomic mass is 10.1. The van der Waals surface area contributed by atoms with E-state index in [2.05, 4.69) is 5.32 Å². The first-order chi connectivity index (χ1) is 16.2. The summed E-state index contributed by atoms with van der Waals surface area (Å²) in [5.41, 5.74) is 2.58. The van der Waals surface area contributed by atoms with Gasteiger partial charge in [-0.3, -0.25) is 13.9 Å². The van der Waals surface area contributed by atoms with Crippen LogP contribution in [-0.2, 0) is 26.2 Å². The SMILES string of the molecule is CC[C@H](C)NC(=O)[C@@H](C)N(Cc1c(Cl)cccc1Cl)C(=O)CN(c1cc(C)cc(C)c1)S(C)(=O)=O. The number of hydrogen-bond donors (Lipinski definition) is 1. The van der Waals surface area contributed by atoms with Crippen LogP contribution in [0.15, 0.2) is 36.4 Å². The first kappa shape index (κ1) is 28.9. The topological polar surface area (TPSA) is 86.8 Å². The molecule has 0 heterocycles. The molecule has 0 bridgehead atoms. The smallest absolute Gasteiger partial charge is 0.244 e. The molecule has 0 radical (unpaired) electrons. The van der Waals surface area contributed by atoms with Gasteiger partial charge < -0.3 is 10.2 Å². The number of halogens is 2. The highest BCUT2D eigenvalue weighted by Gasteiger charge is 2.31. The molecule has 0 aliphatic rings. The van der Waals surface area contributed by atoms with Gasteiger partial charge in [-0.15, -0.1) is 0 Å². The van der Waals surface area contributed by atoms with Gasteiger partial charge >= 0.3 is 0 Å². The Hall–Kier alpha value is -2.29. The maximum Gasteiger partial charge on any atom is 0.244 e. The van der Waals surface area contributed by atoms with Crippen molar-refractivity contribution >= 4 is 50.7 Å². The van der Waals surface area contributed by atoms with Gasteiger partial charge in [-0.25, -0.2) is 8.42 Å². The normalized spacial score (nSPS) is 13.1. The molecule has 2 atom stereocenters. The van der Waals surface area contributed by atoms with E-state index in [0.29, 0.717) is 21.3 Å². The van der Waals surface area contributed by atoms with E-state index in [9.17, 15) is 18.0 Å². The van der Waals surface area contributed by atoms with Crippen molar-refractivity contribution in [2.75, 3.05) is 17.1 Å². The summed E-state index contributed by atoms with van der Waals surface area (Å²) in [6.07, 6.45) is 1.77. The van der Waals surface area contributed by atoms with Crippen LogP contribution in [0.5, 0.6) is 0 Å². The van der Waals surface area contributed by atoms with Crippen LogP contribution in [0.4, 0.5) is 5.69 Å². The molecule has 0 saturated carbocycles. The molecule has 2 amide bonds. The molecule has 2 aromatic rings. The molecule has 0 aromatic heterocycles. The van der Waals surface area contributed by atoms with Crippen molar-refractivity contribution in [2.24, 2.45) is 0 Å². The van der Waals surface area contributed by atoms with Crippen molar-refractivity contribution < 1.29 is 18.0 Å². The molecule has 0 spiro atoms. The van der Waals surface area contributed by atoms with Gasteiger partial charge in [0.2, 0.25) is 21.8 Å². The number of hydrogen-bond acceptors (Lipinski definition) is 4. The lowest BCUT2D eigenvalue weighted by molar-refractivity contribution is -0.139. The first-order valence-corrected chi connectivity index (χ1v) is 13.9. The summed E-state index contributed by atoms with van der Waals surface area (Å²) in [5.74, 6) is -0.912. The van der Waals surface area contributed by atoms with E-state index >= 15 is 0 Å². The number of carbonyl (C=O) groups is 2. The maximum atomic E-state index is 13.6. The van der Waals surface area contributed by atoms with Gasteiger partial charge in [-0.05, 0) is 69.5 Å². The summed E-state index contributed by atoms with van der Waals surface area (Å²) in [7, 11) is -3.81. The fourth-order valence-corrected chi connectivity index (χ4v) is 4.96. The summed E-state index contributed by atoms with van der Waals surface area (Å²) in [6, 6.07) is 9.31. The van der Waals surface area contributed by atoms with Gasteiger partial charge in [0.15, 0.2) is 0 Å². The van der Waals surface area contributed by atoms with Gasteiger partial charge in [0.05, 0.1) is 11.9 Å². The maximum absolute atomic E-state index is 13.6. The Balaban J connectivity index is 2.48. The minimum atomic E-state index is -3.81. The second-order valence-electron chi connectivity index (χ2n) is 8.83. The summed E-state index contributed by atoms with van der Waals surface area (Å²) in [6.45, 7) is 8.57. The number of aryl methyl sites for hydroxylation is 2. The van der Waals surface area contributed by atoms with Crippen molar-refractivity contribution in [1.29, 1.82) is 0 Å². The summed E-state index contributed by atoms with van der Waals surface area (Å²) in [4.78, 5) is 27.9. The van der Waals surface area contributed by atoms with Crippen LogP contribution in [0.3, 0.4) is 0 Å². The van der Waals surface area contributed by atoms with Crippen LogP contribution in [0.2, 0.25) is 10.0 Å². The number of nitrogens with one attached hydrogen (secondary N) is 1. The summed E-state index contributed by atoms with van der Waals surface area (Å²) >= 11 is 12.7. The fourth-order valence-electron chi connectivity index (χ4n) is 3.61. The van der Waals surface area contributed by atoms with Crippen LogP contribution < -0.4 is 9.62 Å². The molecular formula is C25H33Cl2N3O4S. The molecule has 0 saturated heterocycles. The molecule has 192 valence electrons. The second-order valence-corrected chi connectivity index (χ2v) is 11.6. The molecule has 0 aliphatic carbocycles. The van der Waals surface area contributed by atoms with E-state index in [1.54, 1.807) is 37.3 Å². The number of benzene rings is 2. The fraction of sp³-hybridized carbons (Fsp3) is 0.440. The monoisotopic (exact) mass is 541 g/mol. The van der Waals surface area contributed by atoms with Crippen LogP contribution in [0.1, 0.15) is 43.9 Å². The second kappa shape index (κ2) is 12.1. The third-order valence-electron chi connectivity index (χ3n) is 5.73. The third-order valence-corrected chi connectivity index (χ3v) is 7.58. The Morgan fingerprint density at radius 1 is 1.03 bits per heavy atom. The highest BCUT2D eigenvalue weighted by Crippen LogP contribution is 2.27. The van der Waals surface area contributed by atoms with Crippen LogP contribution in [0.25, 0.3) is 0 Å². The third kappa shape index (κ3) is 7.85.